The molecule has 7 heteroatoms. The fourth-order valence-corrected chi connectivity index (χ4v) is 3.76. The molecule has 2 rings (SSSR count). The normalized spacial score (nSPS) is 21.8. The highest BCUT2D eigenvalue weighted by molar-refractivity contribution is 7.91. The molecule has 0 saturated carbocycles. The number of rotatable bonds is 3. The van der Waals surface area contributed by atoms with Crippen molar-refractivity contribution < 1.29 is 13.2 Å². The minimum atomic E-state index is -3.00. The van der Waals surface area contributed by atoms with Crippen molar-refractivity contribution in [2.24, 2.45) is 0 Å². The first-order chi connectivity index (χ1) is 8.94. The molecule has 1 unspecified atom stereocenters. The zero-order valence-electron chi connectivity index (χ0n) is 10.5. The van der Waals surface area contributed by atoms with Gasteiger partial charge in [-0.05, 0) is 25.0 Å². The van der Waals surface area contributed by atoms with E-state index in [-0.39, 0.29) is 29.9 Å². The fourth-order valence-electron chi connectivity index (χ4n) is 2.12. The largest absolute Gasteiger partial charge is 0.397 e. The Kier molecular flexibility index (Phi) is 4.04. The van der Waals surface area contributed by atoms with E-state index in [1.807, 2.05) is 0 Å². The number of carbonyl (C=O) groups excluding carboxylic acids is 1. The number of hydrogen-bond acceptors (Lipinski definition) is 5. The summed E-state index contributed by atoms with van der Waals surface area (Å²) in [7, 11) is -3.00. The lowest BCUT2D eigenvalue weighted by molar-refractivity contribution is -0.121. The lowest BCUT2D eigenvalue weighted by atomic mass is 10.1. The smallest absolute Gasteiger partial charge is 0.226 e. The topological polar surface area (TPSA) is 102 Å². The maximum absolute atomic E-state index is 11.8. The van der Waals surface area contributed by atoms with Crippen LogP contribution in [0.2, 0.25) is 0 Å². The molecule has 19 heavy (non-hydrogen) atoms. The van der Waals surface area contributed by atoms with E-state index in [2.05, 4.69) is 10.3 Å². The van der Waals surface area contributed by atoms with Gasteiger partial charge in [0.15, 0.2) is 9.84 Å². The highest BCUT2D eigenvalue weighted by Gasteiger charge is 2.25. The van der Waals surface area contributed by atoms with Gasteiger partial charge in [0.1, 0.15) is 0 Å². The van der Waals surface area contributed by atoms with E-state index in [1.54, 1.807) is 12.1 Å². The Bertz CT molecular complexity index is 554. The van der Waals surface area contributed by atoms with Crippen LogP contribution in [0, 0.1) is 0 Å². The van der Waals surface area contributed by atoms with Crippen LogP contribution in [0.15, 0.2) is 18.3 Å². The third-order valence-electron chi connectivity index (χ3n) is 3.02. The minimum Gasteiger partial charge on any atom is -0.397 e. The molecule has 0 aromatic carbocycles. The van der Waals surface area contributed by atoms with Gasteiger partial charge in [-0.3, -0.25) is 9.78 Å². The second-order valence-electron chi connectivity index (χ2n) is 4.78. The maximum Gasteiger partial charge on any atom is 0.226 e. The molecule has 1 aromatic heterocycles. The number of hydrogen-bond donors (Lipinski definition) is 2. The van der Waals surface area contributed by atoms with Gasteiger partial charge in [0.05, 0.1) is 29.8 Å². The predicted octanol–water partition coefficient (Wildman–Crippen LogP) is -0.100. The van der Waals surface area contributed by atoms with E-state index in [1.165, 1.54) is 6.20 Å². The number of nitrogens with two attached hydrogens (primary N) is 1. The van der Waals surface area contributed by atoms with Crippen LogP contribution in [0.3, 0.4) is 0 Å². The highest BCUT2D eigenvalue weighted by Crippen LogP contribution is 2.12. The molecule has 3 N–H and O–H groups in total. The molecule has 1 atom stereocenters. The first kappa shape index (κ1) is 13.8. The molecular formula is C12H17N3O3S. The third kappa shape index (κ3) is 4.20. The fraction of sp³-hybridized carbons (Fsp3) is 0.500. The van der Waals surface area contributed by atoms with Crippen molar-refractivity contribution in [2.75, 3.05) is 17.2 Å². The zero-order valence-corrected chi connectivity index (χ0v) is 11.3. The quantitative estimate of drug-likeness (QED) is 0.806. The number of nitrogens with zero attached hydrogens (tertiary/aromatic N) is 1. The van der Waals surface area contributed by atoms with Crippen molar-refractivity contribution in [2.45, 2.75) is 25.3 Å². The van der Waals surface area contributed by atoms with Gasteiger partial charge in [-0.15, -0.1) is 0 Å². The van der Waals surface area contributed by atoms with Crippen LogP contribution in [0.1, 0.15) is 18.5 Å². The van der Waals surface area contributed by atoms with E-state index in [0.717, 1.165) is 0 Å². The van der Waals surface area contributed by atoms with Crippen LogP contribution >= 0.6 is 0 Å². The van der Waals surface area contributed by atoms with Crippen LogP contribution in [0.5, 0.6) is 0 Å². The number of pyridine rings is 1. The average molecular weight is 283 g/mol. The Balaban J connectivity index is 1.89. The summed E-state index contributed by atoms with van der Waals surface area (Å²) in [5.41, 5.74) is 6.67. The summed E-state index contributed by atoms with van der Waals surface area (Å²) >= 11 is 0. The summed E-state index contributed by atoms with van der Waals surface area (Å²) in [6.45, 7) is 0. The number of carbonyl (C=O) groups is 1. The van der Waals surface area contributed by atoms with Crippen molar-refractivity contribution in [3.63, 3.8) is 0 Å². The van der Waals surface area contributed by atoms with Crippen LogP contribution in [-0.2, 0) is 21.1 Å². The van der Waals surface area contributed by atoms with Gasteiger partial charge < -0.3 is 11.1 Å². The molecule has 1 fully saturated rings. The van der Waals surface area contributed by atoms with Gasteiger partial charge in [-0.1, -0.05) is 0 Å². The van der Waals surface area contributed by atoms with Gasteiger partial charge in [0.25, 0.3) is 0 Å². The van der Waals surface area contributed by atoms with Gasteiger partial charge in [-0.25, -0.2) is 8.42 Å². The van der Waals surface area contributed by atoms with Crippen molar-refractivity contribution >= 4 is 21.4 Å². The number of amides is 1. The van der Waals surface area contributed by atoms with Crippen molar-refractivity contribution in [3.05, 3.63) is 24.0 Å². The number of nitrogen functional groups attached to an aromatic ring is 1. The molecule has 2 heterocycles. The Hall–Kier alpha value is -1.63. The third-order valence-corrected chi connectivity index (χ3v) is 4.84. The predicted molar refractivity (Wildman–Crippen MR) is 72.2 cm³/mol. The molecule has 6 nitrogen and oxygen atoms in total. The second kappa shape index (κ2) is 5.56. The Morgan fingerprint density at radius 2 is 2.26 bits per heavy atom. The summed E-state index contributed by atoms with van der Waals surface area (Å²) < 4.78 is 22.9. The van der Waals surface area contributed by atoms with Crippen molar-refractivity contribution in [1.29, 1.82) is 0 Å². The molecule has 1 aromatic rings. The highest BCUT2D eigenvalue weighted by atomic mass is 32.2. The van der Waals surface area contributed by atoms with Gasteiger partial charge in [-0.2, -0.15) is 0 Å². The Morgan fingerprint density at radius 1 is 1.47 bits per heavy atom. The standard InChI is InChI=1S/C12H17N3O3S/c13-9-3-4-10(14-7-9)6-12(16)15-11-2-1-5-19(17,18)8-11/h3-4,7,11H,1-2,5-6,8,13H2,(H,15,16). The molecule has 1 aliphatic heterocycles. The van der Waals surface area contributed by atoms with Crippen LogP contribution in [0.25, 0.3) is 0 Å². The monoisotopic (exact) mass is 283 g/mol. The summed E-state index contributed by atoms with van der Waals surface area (Å²) in [6, 6.07) is 3.09. The van der Waals surface area contributed by atoms with E-state index in [4.69, 9.17) is 5.73 Å². The van der Waals surface area contributed by atoms with Crippen LogP contribution in [-0.4, -0.2) is 36.9 Å². The van der Waals surface area contributed by atoms with Crippen LogP contribution < -0.4 is 11.1 Å². The molecule has 1 aliphatic rings. The molecule has 0 bridgehead atoms. The van der Waals surface area contributed by atoms with Crippen LogP contribution in [0.4, 0.5) is 5.69 Å². The Labute approximate surface area is 112 Å². The summed E-state index contributed by atoms with van der Waals surface area (Å²) in [6.07, 6.45) is 2.94. The molecule has 0 aliphatic carbocycles. The molecule has 0 radical (unpaired) electrons. The van der Waals surface area contributed by atoms with E-state index < -0.39 is 9.84 Å². The maximum atomic E-state index is 11.8. The molecule has 1 amide bonds. The zero-order chi connectivity index (χ0) is 13.9. The summed E-state index contributed by atoms with van der Waals surface area (Å²) in [5, 5.41) is 2.75. The average Bonchev–Trinajstić information content (AvgIpc) is 2.30. The van der Waals surface area contributed by atoms with Gasteiger partial charge in [0.2, 0.25) is 5.91 Å². The number of nitrogens with one attached hydrogen (secondary N) is 1. The molecular weight excluding hydrogens is 266 g/mol. The number of sulfone groups is 1. The second-order valence-corrected chi connectivity index (χ2v) is 7.01. The first-order valence-corrected chi connectivity index (χ1v) is 7.97. The molecule has 1 saturated heterocycles. The lowest BCUT2D eigenvalue weighted by Crippen LogP contribution is -2.43. The summed E-state index contributed by atoms with van der Waals surface area (Å²) in [4.78, 5) is 15.8. The van der Waals surface area contributed by atoms with Gasteiger partial charge in [0, 0.05) is 11.7 Å². The summed E-state index contributed by atoms with van der Waals surface area (Å²) in [5.74, 6) is 0.0478. The number of anilines is 1. The van der Waals surface area contributed by atoms with Crippen molar-refractivity contribution in [1.82, 2.24) is 10.3 Å². The lowest BCUT2D eigenvalue weighted by Gasteiger charge is -2.22. The first-order valence-electron chi connectivity index (χ1n) is 6.15. The van der Waals surface area contributed by atoms with E-state index >= 15 is 0 Å². The van der Waals surface area contributed by atoms with E-state index in [9.17, 15) is 13.2 Å². The number of aromatic nitrogens is 1. The van der Waals surface area contributed by atoms with E-state index in [0.29, 0.717) is 24.2 Å². The van der Waals surface area contributed by atoms with Gasteiger partial charge >= 0.3 is 0 Å². The minimum absolute atomic E-state index is 0.0356. The van der Waals surface area contributed by atoms with Crippen molar-refractivity contribution in [3.8, 4) is 0 Å². The SMILES string of the molecule is Nc1ccc(CC(=O)NC2CCCS(=O)(=O)C2)nc1. The Morgan fingerprint density at radius 3 is 2.89 bits per heavy atom. The molecule has 0 spiro atoms. The molecule has 104 valence electrons.